The van der Waals surface area contributed by atoms with Crippen molar-refractivity contribution in [3.63, 3.8) is 0 Å². The van der Waals surface area contributed by atoms with E-state index in [1.165, 1.54) is 52.5 Å². The van der Waals surface area contributed by atoms with E-state index in [2.05, 4.69) is 15.0 Å². The monoisotopic (exact) mass is 449 g/mol. The summed E-state index contributed by atoms with van der Waals surface area (Å²) in [6.45, 7) is 2.36. The number of fused-ring (bicyclic) bond motifs is 1. The van der Waals surface area contributed by atoms with Crippen molar-refractivity contribution in [2.45, 2.75) is 38.2 Å². The maximum Gasteiger partial charge on any atom is 0.424 e. The van der Waals surface area contributed by atoms with Crippen molar-refractivity contribution in [3.8, 4) is 11.1 Å². The first-order chi connectivity index (χ1) is 15.0. The average Bonchev–Trinajstić information content (AvgIpc) is 3.18. The van der Waals surface area contributed by atoms with Crippen LogP contribution in [0.2, 0.25) is 0 Å². The number of nitrogens with zero attached hydrogens (tertiary/aromatic N) is 5. The van der Waals surface area contributed by atoms with Gasteiger partial charge in [-0.2, -0.15) is 13.2 Å². The number of hydrogen-bond acceptors (Lipinski definition) is 5. The van der Waals surface area contributed by atoms with Crippen molar-refractivity contribution in [2.24, 2.45) is 0 Å². The van der Waals surface area contributed by atoms with Gasteiger partial charge in [0.25, 0.3) is 5.91 Å². The molecule has 0 fully saturated rings. The minimum absolute atomic E-state index is 0.0169. The topological polar surface area (TPSA) is 84.1 Å². The Morgan fingerprint density at radius 3 is 2.50 bits per heavy atom. The van der Waals surface area contributed by atoms with Crippen molar-refractivity contribution in [2.75, 3.05) is 6.54 Å². The Kier molecular flexibility index (Phi) is 5.24. The zero-order valence-electron chi connectivity index (χ0n) is 17.1. The number of carbonyl (C=O) groups excluding carboxylic acids is 1. The van der Waals surface area contributed by atoms with Gasteiger partial charge < -0.3 is 14.6 Å². The van der Waals surface area contributed by atoms with Gasteiger partial charge in [-0.25, -0.2) is 19.3 Å². The summed E-state index contributed by atoms with van der Waals surface area (Å²) in [5.74, 6) is -1.40. The summed E-state index contributed by atoms with van der Waals surface area (Å²) in [6, 6.07) is 4.94. The number of rotatable bonds is 3. The van der Waals surface area contributed by atoms with Crippen LogP contribution in [0.5, 0.6) is 0 Å². The Morgan fingerprint density at radius 1 is 1.16 bits per heavy atom. The Hall–Kier alpha value is -3.34. The first-order valence-corrected chi connectivity index (χ1v) is 9.71. The summed E-state index contributed by atoms with van der Waals surface area (Å²) in [6.07, 6.45) is -1.01. The normalized spacial score (nSPS) is 18.2. The standard InChI is InChI=1S/C21H19F4N5O2/c1-12-9-29(10-15-7-27-19(30(12)15)20(2,32)21(23,24)25)18(31)17-16(8-26-11-28-17)13-3-5-14(22)6-4-13/h3-8,11-12,32H,9-10H2,1-2H3/t12-,20?/m0/s1. The van der Waals surface area contributed by atoms with Crippen molar-refractivity contribution in [3.05, 3.63) is 66.0 Å². The summed E-state index contributed by atoms with van der Waals surface area (Å²) >= 11 is 0. The molecule has 32 heavy (non-hydrogen) atoms. The third-order valence-corrected chi connectivity index (χ3v) is 5.50. The number of hydrogen-bond donors (Lipinski definition) is 1. The maximum absolute atomic E-state index is 13.3. The van der Waals surface area contributed by atoms with Crippen molar-refractivity contribution in [1.82, 2.24) is 24.4 Å². The largest absolute Gasteiger partial charge is 0.424 e. The molecule has 0 bridgehead atoms. The molecule has 2 atom stereocenters. The Bertz CT molecular complexity index is 1160. The predicted molar refractivity (Wildman–Crippen MR) is 105 cm³/mol. The van der Waals surface area contributed by atoms with E-state index in [4.69, 9.17) is 0 Å². The molecule has 2 aromatic heterocycles. The third kappa shape index (κ3) is 3.62. The van der Waals surface area contributed by atoms with E-state index >= 15 is 0 Å². The molecule has 3 aromatic rings. The van der Waals surface area contributed by atoms with Gasteiger partial charge in [0, 0.05) is 18.3 Å². The summed E-state index contributed by atoms with van der Waals surface area (Å²) in [7, 11) is 0. The van der Waals surface area contributed by atoms with Gasteiger partial charge in [-0.1, -0.05) is 12.1 Å². The van der Waals surface area contributed by atoms with Crippen LogP contribution < -0.4 is 0 Å². The quantitative estimate of drug-likeness (QED) is 0.619. The minimum atomic E-state index is -4.91. The number of aromatic nitrogens is 4. The van der Waals surface area contributed by atoms with E-state index in [-0.39, 0.29) is 18.8 Å². The van der Waals surface area contributed by atoms with E-state index in [0.717, 1.165) is 0 Å². The summed E-state index contributed by atoms with van der Waals surface area (Å²) in [4.78, 5) is 26.6. The van der Waals surface area contributed by atoms with Gasteiger partial charge in [0.1, 0.15) is 17.8 Å². The number of alkyl halides is 3. The number of carbonyl (C=O) groups is 1. The molecule has 1 aliphatic rings. The van der Waals surface area contributed by atoms with E-state index in [1.54, 1.807) is 6.92 Å². The van der Waals surface area contributed by atoms with E-state index in [0.29, 0.717) is 23.7 Å². The van der Waals surface area contributed by atoms with Crippen LogP contribution in [0, 0.1) is 5.82 Å². The number of aliphatic hydroxyl groups is 1. The maximum atomic E-state index is 13.3. The Labute approximate surface area is 180 Å². The lowest BCUT2D eigenvalue weighted by molar-refractivity contribution is -0.263. The summed E-state index contributed by atoms with van der Waals surface area (Å²) in [5.41, 5.74) is -1.73. The molecule has 0 saturated heterocycles. The van der Waals surface area contributed by atoms with Gasteiger partial charge in [-0.3, -0.25) is 4.79 Å². The molecule has 4 rings (SSSR count). The highest BCUT2D eigenvalue weighted by Gasteiger charge is 2.55. The van der Waals surface area contributed by atoms with Crippen molar-refractivity contribution in [1.29, 1.82) is 0 Å². The van der Waals surface area contributed by atoms with Gasteiger partial charge >= 0.3 is 6.18 Å². The zero-order valence-corrected chi connectivity index (χ0v) is 17.1. The fourth-order valence-electron chi connectivity index (χ4n) is 3.80. The lowest BCUT2D eigenvalue weighted by Crippen LogP contribution is -2.45. The second kappa shape index (κ2) is 7.66. The number of benzene rings is 1. The zero-order chi connectivity index (χ0) is 23.3. The van der Waals surface area contributed by atoms with Crippen LogP contribution in [0.4, 0.5) is 17.6 Å². The van der Waals surface area contributed by atoms with Crippen molar-refractivity contribution < 1.29 is 27.5 Å². The van der Waals surface area contributed by atoms with E-state index in [1.807, 2.05) is 0 Å². The molecular weight excluding hydrogens is 430 g/mol. The second-order valence-corrected chi connectivity index (χ2v) is 7.84. The molecule has 0 saturated carbocycles. The van der Waals surface area contributed by atoms with Crippen LogP contribution in [-0.2, 0) is 12.1 Å². The Morgan fingerprint density at radius 2 is 1.84 bits per heavy atom. The van der Waals surface area contributed by atoms with Crippen LogP contribution in [0.3, 0.4) is 0 Å². The molecule has 3 heterocycles. The molecule has 1 aromatic carbocycles. The molecule has 168 valence electrons. The SMILES string of the molecule is C[C@H]1CN(C(=O)c2ncncc2-c2ccc(F)cc2)Cc2cnc(C(C)(O)C(F)(F)F)n21. The molecular formula is C21H19F4N5O2. The van der Waals surface area contributed by atoms with Gasteiger partial charge in [0.15, 0.2) is 5.82 Å². The molecule has 11 heteroatoms. The Balaban J connectivity index is 1.67. The molecule has 1 amide bonds. The molecule has 1 N–H and O–H groups in total. The predicted octanol–water partition coefficient (Wildman–Crippen LogP) is 3.47. The number of amides is 1. The van der Waals surface area contributed by atoms with Gasteiger partial charge in [0.05, 0.1) is 24.5 Å². The molecule has 0 radical (unpaired) electrons. The first-order valence-electron chi connectivity index (χ1n) is 9.71. The van der Waals surface area contributed by atoms with Crippen molar-refractivity contribution >= 4 is 5.91 Å². The average molecular weight is 449 g/mol. The minimum Gasteiger partial charge on any atom is -0.374 e. The van der Waals surface area contributed by atoms with Crippen LogP contribution in [-0.4, -0.2) is 48.2 Å². The van der Waals surface area contributed by atoms with Gasteiger partial charge in [-0.15, -0.1) is 0 Å². The van der Waals surface area contributed by atoms with Gasteiger partial charge in [-0.05, 0) is 31.5 Å². The van der Waals surface area contributed by atoms with Gasteiger partial charge in [0.2, 0.25) is 5.60 Å². The van der Waals surface area contributed by atoms with Crippen LogP contribution in [0.15, 0.2) is 43.0 Å². The molecule has 0 aliphatic carbocycles. The van der Waals surface area contributed by atoms with E-state index in [9.17, 15) is 27.5 Å². The third-order valence-electron chi connectivity index (χ3n) is 5.50. The fourth-order valence-corrected chi connectivity index (χ4v) is 3.80. The lowest BCUT2D eigenvalue weighted by Gasteiger charge is -2.36. The highest BCUT2D eigenvalue weighted by atomic mass is 19.4. The molecule has 1 unspecified atom stereocenters. The number of halogens is 4. The first kappa shape index (κ1) is 21.9. The van der Waals surface area contributed by atoms with Crippen LogP contribution in [0.25, 0.3) is 11.1 Å². The summed E-state index contributed by atoms with van der Waals surface area (Å²) < 4.78 is 54.6. The summed E-state index contributed by atoms with van der Waals surface area (Å²) in [5, 5.41) is 10.1. The fraction of sp³-hybridized carbons (Fsp3) is 0.333. The highest BCUT2D eigenvalue weighted by molar-refractivity contribution is 5.98. The smallest absolute Gasteiger partial charge is 0.374 e. The lowest BCUT2D eigenvalue weighted by atomic mass is 10.0. The molecule has 7 nitrogen and oxygen atoms in total. The number of imidazole rings is 1. The van der Waals surface area contributed by atoms with E-state index < -0.39 is 35.4 Å². The highest BCUT2D eigenvalue weighted by Crippen LogP contribution is 2.40. The molecule has 1 aliphatic heterocycles. The second-order valence-electron chi connectivity index (χ2n) is 7.84. The van der Waals surface area contributed by atoms with Crippen LogP contribution >= 0.6 is 0 Å². The molecule has 0 spiro atoms. The van der Waals surface area contributed by atoms with Crippen LogP contribution in [0.1, 0.15) is 41.9 Å².